The molecule has 0 heterocycles. The molecule has 1 saturated carbocycles. The number of halogens is 1. The predicted molar refractivity (Wildman–Crippen MR) is 80.9 cm³/mol. The summed E-state index contributed by atoms with van der Waals surface area (Å²) in [6, 6.07) is 4.82. The van der Waals surface area contributed by atoms with Gasteiger partial charge in [0.05, 0.1) is 5.56 Å². The van der Waals surface area contributed by atoms with Crippen molar-refractivity contribution in [3.05, 3.63) is 28.2 Å². The fraction of sp³-hybridized carbons (Fsp3) is 0.467. The van der Waals surface area contributed by atoms with E-state index in [1.165, 1.54) is 25.3 Å². The number of hydrogen-bond acceptors (Lipinski definition) is 2. The van der Waals surface area contributed by atoms with Gasteiger partial charge in [-0.1, -0.05) is 19.3 Å². The van der Waals surface area contributed by atoms with Crippen molar-refractivity contribution in [2.24, 2.45) is 5.92 Å². The maximum atomic E-state index is 12.0. The van der Waals surface area contributed by atoms with Crippen LogP contribution in [0, 0.1) is 5.92 Å². The molecule has 20 heavy (non-hydrogen) atoms. The first-order chi connectivity index (χ1) is 9.56. The topological polar surface area (TPSA) is 66.4 Å². The zero-order valence-corrected chi connectivity index (χ0v) is 12.8. The molecule has 0 atom stereocenters. The highest BCUT2D eigenvalue weighted by Crippen LogP contribution is 2.27. The summed E-state index contributed by atoms with van der Waals surface area (Å²) in [4.78, 5) is 23.0. The van der Waals surface area contributed by atoms with Crippen molar-refractivity contribution in [2.45, 2.75) is 38.5 Å². The average Bonchev–Trinajstić information content (AvgIpc) is 2.41. The number of carboxylic acid groups (broad SMARTS) is 1. The third-order valence-electron chi connectivity index (χ3n) is 3.68. The van der Waals surface area contributed by atoms with E-state index in [9.17, 15) is 9.59 Å². The molecule has 1 aromatic carbocycles. The largest absolute Gasteiger partial charge is 0.478 e. The van der Waals surface area contributed by atoms with Gasteiger partial charge < -0.3 is 10.4 Å². The van der Waals surface area contributed by atoms with Crippen LogP contribution < -0.4 is 5.32 Å². The van der Waals surface area contributed by atoms with Crippen molar-refractivity contribution in [1.29, 1.82) is 0 Å². The van der Waals surface area contributed by atoms with Crippen LogP contribution in [0.1, 0.15) is 48.9 Å². The predicted octanol–water partition coefficient (Wildman–Crippen LogP) is 4.06. The molecule has 4 nitrogen and oxygen atoms in total. The summed E-state index contributed by atoms with van der Waals surface area (Å²) in [7, 11) is 0. The lowest BCUT2D eigenvalue weighted by molar-refractivity contribution is -0.117. The highest BCUT2D eigenvalue weighted by atomic mass is 79.9. The van der Waals surface area contributed by atoms with E-state index in [1.807, 2.05) is 0 Å². The van der Waals surface area contributed by atoms with E-state index in [1.54, 1.807) is 12.1 Å². The maximum Gasteiger partial charge on any atom is 0.336 e. The Kier molecular flexibility index (Phi) is 5.17. The lowest BCUT2D eigenvalue weighted by Gasteiger charge is -2.20. The van der Waals surface area contributed by atoms with E-state index >= 15 is 0 Å². The standard InChI is InChI=1S/C15H18BrNO3/c16-13-7-6-11(9-12(13)15(19)20)17-14(18)8-10-4-2-1-3-5-10/h6-7,9-10H,1-5,8H2,(H,17,18)(H,19,20). The molecule has 0 aromatic heterocycles. The first kappa shape index (κ1) is 15.0. The number of carbonyl (C=O) groups is 2. The fourth-order valence-corrected chi connectivity index (χ4v) is 3.05. The van der Waals surface area contributed by atoms with Crippen molar-refractivity contribution in [2.75, 3.05) is 5.32 Å². The van der Waals surface area contributed by atoms with E-state index in [-0.39, 0.29) is 11.5 Å². The number of carboxylic acids is 1. The molecular formula is C15H18BrNO3. The van der Waals surface area contributed by atoms with E-state index in [0.29, 0.717) is 22.5 Å². The smallest absolute Gasteiger partial charge is 0.336 e. The van der Waals surface area contributed by atoms with Gasteiger partial charge in [0.25, 0.3) is 0 Å². The number of anilines is 1. The zero-order valence-electron chi connectivity index (χ0n) is 11.2. The number of benzene rings is 1. The van der Waals surface area contributed by atoms with Crippen LogP contribution in [0.15, 0.2) is 22.7 Å². The van der Waals surface area contributed by atoms with E-state index in [0.717, 1.165) is 12.8 Å². The molecule has 0 aliphatic heterocycles. The third kappa shape index (κ3) is 4.07. The Labute approximate surface area is 126 Å². The summed E-state index contributed by atoms with van der Waals surface area (Å²) in [5, 5.41) is 11.8. The normalized spacial score (nSPS) is 15.8. The number of carbonyl (C=O) groups excluding carboxylic acids is 1. The van der Waals surface area contributed by atoms with Gasteiger partial charge in [-0.05, 0) is 52.9 Å². The molecule has 0 radical (unpaired) electrons. The second-order valence-electron chi connectivity index (χ2n) is 5.26. The van der Waals surface area contributed by atoms with Gasteiger partial charge >= 0.3 is 5.97 Å². The van der Waals surface area contributed by atoms with Gasteiger partial charge in [0.15, 0.2) is 0 Å². The van der Waals surface area contributed by atoms with E-state index in [4.69, 9.17) is 5.11 Å². The van der Waals surface area contributed by atoms with Gasteiger partial charge in [0.1, 0.15) is 0 Å². The first-order valence-electron chi connectivity index (χ1n) is 6.89. The van der Waals surface area contributed by atoms with Crippen molar-refractivity contribution in [3.8, 4) is 0 Å². The van der Waals surface area contributed by atoms with Gasteiger partial charge in [-0.25, -0.2) is 4.79 Å². The van der Waals surface area contributed by atoms with Crippen molar-refractivity contribution >= 4 is 33.5 Å². The SMILES string of the molecule is O=C(CC1CCCCC1)Nc1ccc(Br)c(C(=O)O)c1. The molecule has 5 heteroatoms. The van der Waals surface area contributed by atoms with Gasteiger partial charge in [-0.2, -0.15) is 0 Å². The molecule has 2 N–H and O–H groups in total. The Bertz CT molecular complexity index is 510. The van der Waals surface area contributed by atoms with Gasteiger partial charge in [-0.15, -0.1) is 0 Å². The minimum Gasteiger partial charge on any atom is -0.478 e. The second kappa shape index (κ2) is 6.88. The van der Waals surface area contributed by atoms with E-state index in [2.05, 4.69) is 21.2 Å². The first-order valence-corrected chi connectivity index (χ1v) is 7.68. The van der Waals surface area contributed by atoms with Gasteiger partial charge in [0.2, 0.25) is 5.91 Å². The molecule has 1 amide bonds. The monoisotopic (exact) mass is 339 g/mol. The summed E-state index contributed by atoms with van der Waals surface area (Å²) in [6.45, 7) is 0. The Balaban J connectivity index is 1.96. The molecule has 1 aliphatic carbocycles. The Morgan fingerprint density at radius 3 is 2.60 bits per heavy atom. The Morgan fingerprint density at radius 1 is 1.25 bits per heavy atom. The molecule has 1 fully saturated rings. The van der Waals surface area contributed by atoms with Crippen LogP contribution in [0.4, 0.5) is 5.69 Å². The molecule has 108 valence electrons. The van der Waals surface area contributed by atoms with E-state index < -0.39 is 5.97 Å². The van der Waals surface area contributed by atoms with Crippen LogP contribution in [-0.2, 0) is 4.79 Å². The van der Waals surface area contributed by atoms with Crippen molar-refractivity contribution in [3.63, 3.8) is 0 Å². The molecule has 1 aromatic rings. The van der Waals surface area contributed by atoms with Crippen LogP contribution in [0.3, 0.4) is 0 Å². The van der Waals surface area contributed by atoms with Gasteiger partial charge in [-0.3, -0.25) is 4.79 Å². The number of amides is 1. The molecule has 0 unspecified atom stereocenters. The Morgan fingerprint density at radius 2 is 1.95 bits per heavy atom. The lowest BCUT2D eigenvalue weighted by atomic mass is 9.87. The molecule has 0 saturated heterocycles. The zero-order chi connectivity index (χ0) is 14.5. The minimum absolute atomic E-state index is 0.0319. The molecular weight excluding hydrogens is 322 g/mol. The minimum atomic E-state index is -1.01. The number of nitrogens with one attached hydrogen (secondary N) is 1. The van der Waals surface area contributed by atoms with Crippen molar-refractivity contribution < 1.29 is 14.7 Å². The van der Waals surface area contributed by atoms with Crippen LogP contribution in [0.2, 0.25) is 0 Å². The van der Waals surface area contributed by atoms with Crippen LogP contribution in [0.5, 0.6) is 0 Å². The van der Waals surface area contributed by atoms with Crippen LogP contribution in [-0.4, -0.2) is 17.0 Å². The number of aromatic carboxylic acids is 1. The maximum absolute atomic E-state index is 12.0. The molecule has 0 spiro atoms. The van der Waals surface area contributed by atoms with Gasteiger partial charge in [0, 0.05) is 16.6 Å². The highest BCUT2D eigenvalue weighted by Gasteiger charge is 2.17. The molecule has 1 aliphatic rings. The van der Waals surface area contributed by atoms with Crippen LogP contribution >= 0.6 is 15.9 Å². The summed E-state index contributed by atoms with van der Waals surface area (Å²) < 4.78 is 0.510. The van der Waals surface area contributed by atoms with Crippen LogP contribution in [0.25, 0.3) is 0 Å². The number of hydrogen-bond donors (Lipinski definition) is 2. The van der Waals surface area contributed by atoms with Crippen molar-refractivity contribution in [1.82, 2.24) is 0 Å². The highest BCUT2D eigenvalue weighted by molar-refractivity contribution is 9.10. The molecule has 0 bridgehead atoms. The summed E-state index contributed by atoms with van der Waals surface area (Å²) >= 11 is 3.18. The number of rotatable bonds is 4. The summed E-state index contributed by atoms with van der Waals surface area (Å²) in [5.74, 6) is -0.575. The summed E-state index contributed by atoms with van der Waals surface area (Å²) in [5.41, 5.74) is 0.687. The fourth-order valence-electron chi connectivity index (χ4n) is 2.63. The Hall–Kier alpha value is -1.36. The lowest BCUT2D eigenvalue weighted by Crippen LogP contribution is -2.18. The molecule has 2 rings (SSSR count). The second-order valence-corrected chi connectivity index (χ2v) is 6.11. The quantitative estimate of drug-likeness (QED) is 0.869. The average molecular weight is 340 g/mol. The summed E-state index contributed by atoms with van der Waals surface area (Å²) in [6.07, 6.45) is 6.45. The third-order valence-corrected chi connectivity index (χ3v) is 4.37.